The summed E-state index contributed by atoms with van der Waals surface area (Å²) in [6.07, 6.45) is 2.84. The molecule has 0 aliphatic rings. The summed E-state index contributed by atoms with van der Waals surface area (Å²) < 4.78 is 32.9. The van der Waals surface area contributed by atoms with E-state index in [1.165, 1.54) is 36.7 Å². The van der Waals surface area contributed by atoms with Gasteiger partial charge in [-0.3, -0.25) is 4.79 Å². The number of nitrogen functional groups attached to an aromatic ring is 1. The predicted octanol–water partition coefficient (Wildman–Crippen LogP) is 3.30. The number of thioether (sulfide) groups is 1. The summed E-state index contributed by atoms with van der Waals surface area (Å²) in [7, 11) is -3.94. The number of amides is 1. The zero-order chi connectivity index (χ0) is 27.3. The van der Waals surface area contributed by atoms with Gasteiger partial charge >= 0.3 is 0 Å². The van der Waals surface area contributed by atoms with Crippen molar-refractivity contribution in [2.75, 3.05) is 21.5 Å². The number of carbonyl (C=O) groups excluding carboxylic acids is 1. The van der Waals surface area contributed by atoms with Crippen LogP contribution in [-0.4, -0.2) is 35.0 Å². The molecule has 0 fully saturated rings. The van der Waals surface area contributed by atoms with Crippen LogP contribution in [0.15, 0.2) is 69.3 Å². The summed E-state index contributed by atoms with van der Waals surface area (Å²) in [6.45, 7) is 1.71. The van der Waals surface area contributed by atoms with Crippen LogP contribution < -0.4 is 15.8 Å². The van der Waals surface area contributed by atoms with Crippen LogP contribution in [0.5, 0.6) is 0 Å². The molecule has 4 aromatic rings. The molecule has 0 atom stereocenters. The number of nitrogens with zero attached hydrogens (tertiary/aromatic N) is 5. The Hall–Kier alpha value is -4.92. The minimum atomic E-state index is -3.94. The van der Waals surface area contributed by atoms with Crippen molar-refractivity contribution in [2.24, 2.45) is 0 Å². The van der Waals surface area contributed by atoms with E-state index in [0.29, 0.717) is 11.4 Å². The Morgan fingerprint density at radius 3 is 2.47 bits per heavy atom. The number of pyridine rings is 1. The molecule has 0 radical (unpaired) electrons. The molecule has 0 bridgehead atoms. The molecule has 38 heavy (non-hydrogen) atoms. The van der Waals surface area contributed by atoms with E-state index < -0.39 is 15.9 Å². The highest BCUT2D eigenvalue weighted by molar-refractivity contribution is 8.00. The molecule has 14 heteroatoms. The molecule has 190 valence electrons. The van der Waals surface area contributed by atoms with E-state index in [9.17, 15) is 23.7 Å². The van der Waals surface area contributed by atoms with Gasteiger partial charge in [0, 0.05) is 17.6 Å². The van der Waals surface area contributed by atoms with Crippen molar-refractivity contribution >= 4 is 45.1 Å². The first kappa shape index (κ1) is 26.2. The molecule has 1 aromatic carbocycles. The second-order valence-corrected chi connectivity index (χ2v) is 10.3. The number of anilines is 3. The number of benzene rings is 1. The molecule has 0 aliphatic carbocycles. The Balaban J connectivity index is 1.45. The lowest BCUT2D eigenvalue weighted by Crippen LogP contribution is -2.16. The van der Waals surface area contributed by atoms with Crippen LogP contribution in [0, 0.1) is 29.6 Å². The Morgan fingerprint density at radius 1 is 1.11 bits per heavy atom. The van der Waals surface area contributed by atoms with E-state index in [4.69, 9.17) is 10.2 Å². The number of hydrogen-bond acceptors (Lipinski definition) is 11. The summed E-state index contributed by atoms with van der Waals surface area (Å²) in [5, 5.41) is 22.1. The first-order valence-corrected chi connectivity index (χ1v) is 13.2. The second kappa shape index (κ2) is 11.0. The third-order valence-electron chi connectivity index (χ3n) is 4.99. The SMILES string of the molecule is Cc1ccnc(NS(=O)(=O)c2ccc(NC(=O)CSc3nc(N)c(C#N)c(-c4ccco4)c3C#N)cc2)n1. The van der Waals surface area contributed by atoms with Crippen LogP contribution in [0.25, 0.3) is 11.3 Å². The zero-order valence-corrected chi connectivity index (χ0v) is 21.3. The van der Waals surface area contributed by atoms with Crippen LogP contribution in [0.3, 0.4) is 0 Å². The number of aromatic nitrogens is 3. The fraction of sp³-hybridized carbons (Fsp3) is 0.0833. The van der Waals surface area contributed by atoms with E-state index in [0.717, 1.165) is 11.8 Å². The standard InChI is InChI=1S/C24H18N8O4S2/c1-14-8-9-28-24(29-14)32-38(34,35)16-6-4-15(5-7-16)30-20(33)13-37-23-18(12-26)21(19-3-2-10-36-19)17(11-25)22(27)31-23/h2-10H,13H2,1H3,(H2,27,31)(H,30,33)(H,28,29,32). The van der Waals surface area contributed by atoms with Gasteiger partial charge in [0.2, 0.25) is 11.9 Å². The van der Waals surface area contributed by atoms with Crippen LogP contribution in [-0.2, 0) is 14.8 Å². The molecule has 0 saturated heterocycles. The monoisotopic (exact) mass is 546 g/mol. The largest absolute Gasteiger partial charge is 0.464 e. The van der Waals surface area contributed by atoms with Crippen molar-refractivity contribution in [1.29, 1.82) is 10.5 Å². The fourth-order valence-corrected chi connectivity index (χ4v) is 5.04. The fourth-order valence-electron chi connectivity index (χ4n) is 3.30. The van der Waals surface area contributed by atoms with Crippen molar-refractivity contribution in [2.45, 2.75) is 16.8 Å². The number of rotatable bonds is 8. The third kappa shape index (κ3) is 5.73. The molecule has 3 aromatic heterocycles. The third-order valence-corrected chi connectivity index (χ3v) is 7.31. The molecule has 0 unspecified atom stereocenters. The smallest absolute Gasteiger partial charge is 0.264 e. The number of hydrogen-bond donors (Lipinski definition) is 3. The van der Waals surface area contributed by atoms with Gasteiger partial charge in [-0.25, -0.2) is 28.1 Å². The van der Waals surface area contributed by atoms with E-state index in [1.54, 1.807) is 25.1 Å². The summed E-state index contributed by atoms with van der Waals surface area (Å²) in [6, 6.07) is 14.3. The van der Waals surface area contributed by atoms with Gasteiger partial charge in [0.1, 0.15) is 34.3 Å². The van der Waals surface area contributed by atoms with Crippen molar-refractivity contribution in [3.63, 3.8) is 0 Å². The lowest BCUT2D eigenvalue weighted by molar-refractivity contribution is -0.113. The number of nitrogens with two attached hydrogens (primary N) is 1. The zero-order valence-electron chi connectivity index (χ0n) is 19.7. The van der Waals surface area contributed by atoms with Crippen LogP contribution >= 0.6 is 11.8 Å². The Morgan fingerprint density at radius 2 is 1.84 bits per heavy atom. The Labute approximate surface area is 221 Å². The molecule has 4 N–H and O–H groups in total. The molecular weight excluding hydrogens is 528 g/mol. The second-order valence-electron chi connectivity index (χ2n) is 7.62. The maximum Gasteiger partial charge on any atom is 0.264 e. The number of aryl methyl sites for hydroxylation is 1. The van der Waals surface area contributed by atoms with E-state index in [1.807, 2.05) is 12.1 Å². The minimum absolute atomic E-state index is 0.00351. The van der Waals surface area contributed by atoms with Crippen molar-refractivity contribution in [1.82, 2.24) is 15.0 Å². The van der Waals surface area contributed by atoms with Crippen LogP contribution in [0.2, 0.25) is 0 Å². The van der Waals surface area contributed by atoms with Crippen molar-refractivity contribution in [3.05, 3.63) is 71.7 Å². The average Bonchev–Trinajstić information content (AvgIpc) is 3.42. The average molecular weight is 547 g/mol. The lowest BCUT2D eigenvalue weighted by Gasteiger charge is -2.11. The number of furan rings is 1. The Bertz CT molecular complexity index is 1690. The van der Waals surface area contributed by atoms with Gasteiger partial charge < -0.3 is 15.5 Å². The molecular formula is C24H18N8O4S2. The van der Waals surface area contributed by atoms with Gasteiger partial charge in [0.25, 0.3) is 10.0 Å². The van der Waals surface area contributed by atoms with Gasteiger partial charge in [-0.1, -0.05) is 11.8 Å². The van der Waals surface area contributed by atoms with Gasteiger partial charge in [0.15, 0.2) is 0 Å². The molecule has 4 rings (SSSR count). The van der Waals surface area contributed by atoms with Crippen LogP contribution in [0.1, 0.15) is 16.8 Å². The maximum atomic E-state index is 12.6. The predicted molar refractivity (Wildman–Crippen MR) is 139 cm³/mol. The Kier molecular flexibility index (Phi) is 7.57. The molecule has 3 heterocycles. The number of nitrogens with one attached hydrogen (secondary N) is 2. The quantitative estimate of drug-likeness (QED) is 0.274. The lowest BCUT2D eigenvalue weighted by atomic mass is 10.0. The van der Waals surface area contributed by atoms with Gasteiger partial charge in [0.05, 0.1) is 28.0 Å². The van der Waals surface area contributed by atoms with E-state index >= 15 is 0 Å². The van der Waals surface area contributed by atoms with E-state index in [-0.39, 0.29) is 49.9 Å². The molecule has 0 saturated carbocycles. The first-order valence-electron chi connectivity index (χ1n) is 10.7. The summed E-state index contributed by atoms with van der Waals surface area (Å²) in [5.74, 6) is -0.454. The normalized spacial score (nSPS) is 10.8. The molecule has 1 amide bonds. The number of carbonyl (C=O) groups is 1. The molecule has 0 spiro atoms. The van der Waals surface area contributed by atoms with Gasteiger partial charge in [-0.15, -0.1) is 0 Å². The van der Waals surface area contributed by atoms with E-state index in [2.05, 4.69) is 25.0 Å². The topological polar surface area (TPSA) is 201 Å². The van der Waals surface area contributed by atoms with Gasteiger partial charge in [-0.2, -0.15) is 10.5 Å². The maximum absolute atomic E-state index is 12.6. The number of sulfonamides is 1. The van der Waals surface area contributed by atoms with Crippen molar-refractivity contribution in [3.8, 4) is 23.5 Å². The van der Waals surface area contributed by atoms with Crippen LogP contribution in [0.4, 0.5) is 17.5 Å². The summed E-state index contributed by atoms with van der Waals surface area (Å²) in [5.41, 5.74) is 7.16. The summed E-state index contributed by atoms with van der Waals surface area (Å²) >= 11 is 0.957. The highest BCUT2D eigenvalue weighted by Gasteiger charge is 2.23. The minimum Gasteiger partial charge on any atom is -0.464 e. The summed E-state index contributed by atoms with van der Waals surface area (Å²) in [4.78, 5) is 24.6. The highest BCUT2D eigenvalue weighted by atomic mass is 32.2. The highest BCUT2D eigenvalue weighted by Crippen LogP contribution is 2.35. The molecule has 0 aliphatic heterocycles. The first-order chi connectivity index (χ1) is 18.2. The van der Waals surface area contributed by atoms with Crippen molar-refractivity contribution < 1.29 is 17.6 Å². The number of nitriles is 2. The van der Waals surface area contributed by atoms with Gasteiger partial charge in [-0.05, 0) is 49.4 Å². The molecule has 12 nitrogen and oxygen atoms in total.